The topological polar surface area (TPSA) is 54.9 Å². The van der Waals surface area contributed by atoms with Crippen LogP contribution in [0.5, 0.6) is 0 Å². The Morgan fingerprint density at radius 1 is 1.11 bits per heavy atom. The standard InChI is InChI=1S/C23H19N3O/c1-17-15-23(17,26-22(27)11-10-18-6-3-2-4-7-18)20-9-5-8-19(14-20)21-16-24-12-13-25-21/h2-14,16H,1,15H2,(H,26,27)/b11-10+. The summed E-state index contributed by atoms with van der Waals surface area (Å²) in [5, 5.41) is 3.12. The Labute approximate surface area is 158 Å². The van der Waals surface area contributed by atoms with Crippen molar-refractivity contribution in [2.45, 2.75) is 12.0 Å². The van der Waals surface area contributed by atoms with Gasteiger partial charge in [-0.3, -0.25) is 14.8 Å². The van der Waals surface area contributed by atoms with Gasteiger partial charge in [0.05, 0.1) is 17.4 Å². The third-order valence-electron chi connectivity index (χ3n) is 4.73. The number of benzene rings is 2. The molecule has 4 heteroatoms. The van der Waals surface area contributed by atoms with Crippen LogP contribution in [0.2, 0.25) is 0 Å². The lowest BCUT2D eigenvalue weighted by atomic mass is 10.00. The molecule has 1 aliphatic rings. The Morgan fingerprint density at radius 2 is 1.93 bits per heavy atom. The van der Waals surface area contributed by atoms with Gasteiger partial charge < -0.3 is 5.32 Å². The first-order chi connectivity index (χ1) is 13.2. The summed E-state index contributed by atoms with van der Waals surface area (Å²) in [6, 6.07) is 17.8. The van der Waals surface area contributed by atoms with Gasteiger partial charge in [-0.05, 0) is 28.8 Å². The highest BCUT2D eigenvalue weighted by molar-refractivity contribution is 5.93. The Bertz CT molecular complexity index is 1010. The molecule has 4 nitrogen and oxygen atoms in total. The van der Waals surface area contributed by atoms with Crippen LogP contribution in [-0.2, 0) is 10.3 Å². The van der Waals surface area contributed by atoms with E-state index in [1.807, 2.05) is 60.7 Å². The van der Waals surface area contributed by atoms with E-state index in [4.69, 9.17) is 0 Å². The van der Waals surface area contributed by atoms with Crippen LogP contribution in [-0.4, -0.2) is 15.9 Å². The lowest BCUT2D eigenvalue weighted by Crippen LogP contribution is -2.34. The minimum Gasteiger partial charge on any atom is -0.339 e. The van der Waals surface area contributed by atoms with Crippen LogP contribution >= 0.6 is 0 Å². The summed E-state index contributed by atoms with van der Waals surface area (Å²) in [5.74, 6) is -0.137. The summed E-state index contributed by atoms with van der Waals surface area (Å²) in [7, 11) is 0. The maximum Gasteiger partial charge on any atom is 0.244 e. The normalized spacial score (nSPS) is 18.4. The minimum atomic E-state index is -0.504. The Balaban J connectivity index is 1.56. The fourth-order valence-electron chi connectivity index (χ4n) is 3.17. The predicted octanol–water partition coefficient (Wildman–Crippen LogP) is 4.13. The Hall–Kier alpha value is -3.53. The van der Waals surface area contributed by atoms with Gasteiger partial charge in [0, 0.05) is 30.5 Å². The number of carbonyl (C=O) groups is 1. The van der Waals surface area contributed by atoms with Crippen LogP contribution in [0.15, 0.2) is 91.4 Å². The molecule has 0 spiro atoms. The molecule has 1 unspecified atom stereocenters. The third-order valence-corrected chi connectivity index (χ3v) is 4.73. The first-order valence-corrected chi connectivity index (χ1v) is 8.78. The Kier molecular flexibility index (Phi) is 4.38. The number of rotatable bonds is 5. The molecular formula is C23H19N3O. The van der Waals surface area contributed by atoms with E-state index >= 15 is 0 Å². The van der Waals surface area contributed by atoms with Crippen molar-refractivity contribution in [3.63, 3.8) is 0 Å². The van der Waals surface area contributed by atoms with Crippen molar-refractivity contribution in [1.82, 2.24) is 15.3 Å². The van der Waals surface area contributed by atoms with E-state index in [0.29, 0.717) is 0 Å². The number of hydrogen-bond donors (Lipinski definition) is 1. The molecule has 1 saturated carbocycles. The molecule has 1 aromatic heterocycles. The zero-order chi connectivity index (χ0) is 18.7. The van der Waals surface area contributed by atoms with Crippen LogP contribution in [0, 0.1) is 0 Å². The molecule has 4 rings (SSSR count). The molecule has 1 atom stereocenters. The summed E-state index contributed by atoms with van der Waals surface area (Å²) in [4.78, 5) is 21.0. The molecule has 1 N–H and O–H groups in total. The van der Waals surface area contributed by atoms with Gasteiger partial charge in [0.1, 0.15) is 0 Å². The molecule has 0 radical (unpaired) electrons. The zero-order valence-electron chi connectivity index (χ0n) is 14.8. The number of nitrogens with zero attached hydrogens (tertiary/aromatic N) is 2. The predicted molar refractivity (Wildman–Crippen MR) is 107 cm³/mol. The van der Waals surface area contributed by atoms with Crippen molar-refractivity contribution < 1.29 is 4.79 Å². The van der Waals surface area contributed by atoms with E-state index < -0.39 is 5.54 Å². The molecule has 1 aliphatic carbocycles. The Morgan fingerprint density at radius 3 is 2.63 bits per heavy atom. The van der Waals surface area contributed by atoms with Gasteiger partial charge in [-0.15, -0.1) is 0 Å². The molecule has 2 aromatic carbocycles. The van der Waals surface area contributed by atoms with Crippen molar-refractivity contribution in [3.8, 4) is 11.3 Å². The highest BCUT2D eigenvalue weighted by atomic mass is 16.1. The lowest BCUT2D eigenvalue weighted by molar-refractivity contribution is -0.117. The molecule has 1 fully saturated rings. The number of hydrogen-bond acceptors (Lipinski definition) is 3. The lowest BCUT2D eigenvalue weighted by Gasteiger charge is -2.17. The first-order valence-electron chi connectivity index (χ1n) is 8.78. The van der Waals surface area contributed by atoms with Gasteiger partial charge in [-0.2, -0.15) is 0 Å². The SMILES string of the molecule is C=C1CC1(NC(=O)/C=C/c1ccccc1)c1cccc(-c2cnccn2)c1. The molecule has 3 aromatic rings. The second-order valence-electron chi connectivity index (χ2n) is 6.59. The summed E-state index contributed by atoms with van der Waals surface area (Å²) in [6.45, 7) is 4.10. The molecule has 0 saturated heterocycles. The molecule has 27 heavy (non-hydrogen) atoms. The smallest absolute Gasteiger partial charge is 0.244 e. The first kappa shape index (κ1) is 16.9. The van der Waals surface area contributed by atoms with Crippen molar-refractivity contribution in [1.29, 1.82) is 0 Å². The van der Waals surface area contributed by atoms with Gasteiger partial charge >= 0.3 is 0 Å². The quantitative estimate of drug-likeness (QED) is 0.554. The van der Waals surface area contributed by atoms with Crippen molar-refractivity contribution in [2.24, 2.45) is 0 Å². The third kappa shape index (κ3) is 3.55. The molecule has 0 bridgehead atoms. The number of amides is 1. The fourth-order valence-corrected chi connectivity index (χ4v) is 3.17. The van der Waals surface area contributed by atoms with Gasteiger partial charge in [0.15, 0.2) is 0 Å². The maximum atomic E-state index is 12.5. The number of carbonyl (C=O) groups excluding carboxylic acids is 1. The molecule has 1 heterocycles. The van der Waals surface area contributed by atoms with E-state index in [1.54, 1.807) is 24.7 Å². The van der Waals surface area contributed by atoms with Crippen molar-refractivity contribution >= 4 is 12.0 Å². The maximum absolute atomic E-state index is 12.5. The zero-order valence-corrected chi connectivity index (χ0v) is 14.8. The highest BCUT2D eigenvalue weighted by Crippen LogP contribution is 2.50. The van der Waals surface area contributed by atoms with Crippen LogP contribution in [0.1, 0.15) is 17.5 Å². The average Bonchev–Trinajstić information content (AvgIpc) is 3.38. The highest BCUT2D eigenvalue weighted by Gasteiger charge is 2.50. The van der Waals surface area contributed by atoms with E-state index in [2.05, 4.69) is 21.9 Å². The minimum absolute atomic E-state index is 0.137. The van der Waals surface area contributed by atoms with E-state index in [9.17, 15) is 4.79 Å². The van der Waals surface area contributed by atoms with Gasteiger partial charge in [0.2, 0.25) is 5.91 Å². The van der Waals surface area contributed by atoms with Gasteiger partial charge in [-0.1, -0.05) is 55.1 Å². The second kappa shape index (κ2) is 7.00. The van der Waals surface area contributed by atoms with Crippen molar-refractivity contribution in [3.05, 3.63) is 103 Å². The number of nitrogens with one attached hydrogen (secondary N) is 1. The van der Waals surface area contributed by atoms with Crippen LogP contribution in [0.4, 0.5) is 0 Å². The monoisotopic (exact) mass is 353 g/mol. The molecule has 1 amide bonds. The van der Waals surface area contributed by atoms with Gasteiger partial charge in [-0.25, -0.2) is 0 Å². The number of aromatic nitrogens is 2. The summed E-state index contributed by atoms with van der Waals surface area (Å²) in [6.07, 6.45) is 9.16. The van der Waals surface area contributed by atoms with E-state index in [0.717, 1.165) is 34.4 Å². The van der Waals surface area contributed by atoms with Crippen LogP contribution in [0.3, 0.4) is 0 Å². The fraction of sp³-hybridized carbons (Fsp3) is 0.0870. The van der Waals surface area contributed by atoms with E-state index in [1.165, 1.54) is 0 Å². The average molecular weight is 353 g/mol. The van der Waals surface area contributed by atoms with E-state index in [-0.39, 0.29) is 5.91 Å². The summed E-state index contributed by atoms with van der Waals surface area (Å²) in [5.41, 5.74) is 4.26. The largest absolute Gasteiger partial charge is 0.339 e. The van der Waals surface area contributed by atoms with Crippen molar-refractivity contribution in [2.75, 3.05) is 0 Å². The molecular weight excluding hydrogens is 334 g/mol. The molecule has 0 aliphatic heterocycles. The summed E-state index contributed by atoms with van der Waals surface area (Å²) < 4.78 is 0. The summed E-state index contributed by atoms with van der Waals surface area (Å²) >= 11 is 0. The van der Waals surface area contributed by atoms with Crippen LogP contribution in [0.25, 0.3) is 17.3 Å². The molecule has 132 valence electrons. The second-order valence-corrected chi connectivity index (χ2v) is 6.59. The van der Waals surface area contributed by atoms with Crippen LogP contribution < -0.4 is 5.32 Å². The van der Waals surface area contributed by atoms with Gasteiger partial charge in [0.25, 0.3) is 0 Å².